The third-order valence-corrected chi connectivity index (χ3v) is 5.04. The van der Waals surface area contributed by atoms with Gasteiger partial charge in [0.1, 0.15) is 0 Å². The summed E-state index contributed by atoms with van der Waals surface area (Å²) in [5.41, 5.74) is 3.77. The van der Waals surface area contributed by atoms with E-state index in [-0.39, 0.29) is 18.4 Å². The number of amides is 2. The number of nitrogens with one attached hydrogen (secondary N) is 1. The average molecular weight is 380 g/mol. The standard InChI is InChI=1S/C23H29N3O2/c1-3-14-25(15-4-2)23(28)19-9-11-20(12-10-19)24-17-22(27)26-16-13-18-7-5-6-8-21(18)26/h5-12,24H,3-4,13-17H2,1-2H3. The third-order valence-electron chi connectivity index (χ3n) is 5.04. The normalized spacial score (nSPS) is 12.6. The van der Waals surface area contributed by atoms with Crippen molar-refractivity contribution in [2.45, 2.75) is 33.1 Å². The second kappa shape index (κ2) is 9.40. The summed E-state index contributed by atoms with van der Waals surface area (Å²) < 4.78 is 0. The van der Waals surface area contributed by atoms with Crippen LogP contribution in [-0.4, -0.2) is 42.9 Å². The zero-order valence-electron chi connectivity index (χ0n) is 16.8. The van der Waals surface area contributed by atoms with Gasteiger partial charge in [-0.05, 0) is 55.2 Å². The Morgan fingerprint density at radius 2 is 1.68 bits per heavy atom. The van der Waals surface area contributed by atoms with Crippen LogP contribution in [0, 0.1) is 0 Å². The molecule has 1 N–H and O–H groups in total. The first-order valence-electron chi connectivity index (χ1n) is 10.2. The molecular formula is C23H29N3O2. The minimum atomic E-state index is 0.0576. The van der Waals surface area contributed by atoms with E-state index in [1.807, 2.05) is 52.3 Å². The number of hydrogen-bond donors (Lipinski definition) is 1. The molecule has 0 aliphatic carbocycles. The summed E-state index contributed by atoms with van der Waals surface area (Å²) in [6.07, 6.45) is 2.81. The van der Waals surface area contributed by atoms with Crippen LogP contribution < -0.4 is 10.2 Å². The zero-order valence-corrected chi connectivity index (χ0v) is 16.8. The van der Waals surface area contributed by atoms with E-state index in [4.69, 9.17) is 0 Å². The van der Waals surface area contributed by atoms with E-state index in [9.17, 15) is 9.59 Å². The largest absolute Gasteiger partial charge is 0.376 e. The molecule has 148 valence electrons. The Hall–Kier alpha value is -2.82. The highest BCUT2D eigenvalue weighted by atomic mass is 16.2. The summed E-state index contributed by atoms with van der Waals surface area (Å²) in [6, 6.07) is 15.5. The van der Waals surface area contributed by atoms with Gasteiger partial charge in [0, 0.05) is 36.6 Å². The van der Waals surface area contributed by atoms with Crippen LogP contribution in [0.1, 0.15) is 42.6 Å². The number of fused-ring (bicyclic) bond motifs is 1. The number of carbonyl (C=O) groups is 2. The molecule has 0 bridgehead atoms. The minimum absolute atomic E-state index is 0.0576. The highest BCUT2D eigenvalue weighted by molar-refractivity contribution is 5.98. The van der Waals surface area contributed by atoms with Crippen molar-refractivity contribution in [2.24, 2.45) is 0 Å². The molecule has 0 atom stereocenters. The fourth-order valence-corrected chi connectivity index (χ4v) is 3.64. The van der Waals surface area contributed by atoms with Gasteiger partial charge in [-0.15, -0.1) is 0 Å². The van der Waals surface area contributed by atoms with E-state index in [1.54, 1.807) is 0 Å². The summed E-state index contributed by atoms with van der Waals surface area (Å²) in [7, 11) is 0. The number of anilines is 2. The number of nitrogens with zero attached hydrogens (tertiary/aromatic N) is 2. The molecule has 0 saturated carbocycles. The Morgan fingerprint density at radius 1 is 1.00 bits per heavy atom. The number of para-hydroxylation sites is 1. The van der Waals surface area contributed by atoms with Crippen molar-refractivity contribution in [3.63, 3.8) is 0 Å². The van der Waals surface area contributed by atoms with Gasteiger partial charge in [-0.1, -0.05) is 32.0 Å². The summed E-state index contributed by atoms with van der Waals surface area (Å²) in [5.74, 6) is 0.127. The Morgan fingerprint density at radius 3 is 2.36 bits per heavy atom. The predicted octanol–water partition coefficient (Wildman–Crippen LogP) is 3.95. The van der Waals surface area contributed by atoms with Crippen molar-refractivity contribution >= 4 is 23.2 Å². The molecule has 0 unspecified atom stereocenters. The van der Waals surface area contributed by atoms with Gasteiger partial charge in [-0.2, -0.15) is 0 Å². The highest BCUT2D eigenvalue weighted by Gasteiger charge is 2.23. The smallest absolute Gasteiger partial charge is 0.253 e. The lowest BCUT2D eigenvalue weighted by atomic mass is 10.1. The molecular weight excluding hydrogens is 350 g/mol. The molecule has 0 radical (unpaired) electrons. The molecule has 28 heavy (non-hydrogen) atoms. The molecule has 3 rings (SSSR count). The number of benzene rings is 2. The zero-order chi connectivity index (χ0) is 19.9. The lowest BCUT2D eigenvalue weighted by Crippen LogP contribution is -2.34. The van der Waals surface area contributed by atoms with Crippen LogP contribution in [0.5, 0.6) is 0 Å². The fourth-order valence-electron chi connectivity index (χ4n) is 3.64. The quantitative estimate of drug-likeness (QED) is 0.756. The van der Waals surface area contributed by atoms with E-state index in [0.29, 0.717) is 5.56 Å². The molecule has 1 heterocycles. The molecule has 0 spiro atoms. The van der Waals surface area contributed by atoms with Gasteiger partial charge in [0.15, 0.2) is 0 Å². The Kier molecular flexibility index (Phi) is 6.69. The number of rotatable bonds is 8. The van der Waals surface area contributed by atoms with Gasteiger partial charge in [0.2, 0.25) is 5.91 Å². The Balaban J connectivity index is 1.57. The van der Waals surface area contributed by atoms with Crippen molar-refractivity contribution in [3.8, 4) is 0 Å². The second-order valence-corrected chi connectivity index (χ2v) is 7.15. The maximum atomic E-state index is 12.6. The van der Waals surface area contributed by atoms with Crippen molar-refractivity contribution in [2.75, 3.05) is 36.4 Å². The van der Waals surface area contributed by atoms with Crippen LogP contribution in [-0.2, 0) is 11.2 Å². The SMILES string of the molecule is CCCN(CCC)C(=O)c1ccc(NCC(=O)N2CCc3ccccc32)cc1. The molecule has 5 heteroatoms. The van der Waals surface area contributed by atoms with E-state index in [2.05, 4.69) is 25.2 Å². The van der Waals surface area contributed by atoms with E-state index >= 15 is 0 Å². The molecule has 2 aromatic carbocycles. The van der Waals surface area contributed by atoms with Gasteiger partial charge in [-0.3, -0.25) is 9.59 Å². The average Bonchev–Trinajstić information content (AvgIpc) is 3.16. The minimum Gasteiger partial charge on any atom is -0.376 e. The van der Waals surface area contributed by atoms with Crippen LogP contribution in [0.3, 0.4) is 0 Å². The lowest BCUT2D eigenvalue weighted by Gasteiger charge is -2.21. The van der Waals surface area contributed by atoms with E-state index < -0.39 is 0 Å². The summed E-state index contributed by atoms with van der Waals surface area (Å²) >= 11 is 0. The van der Waals surface area contributed by atoms with Crippen LogP contribution in [0.15, 0.2) is 48.5 Å². The molecule has 2 aromatic rings. The summed E-state index contributed by atoms with van der Waals surface area (Å²) in [6.45, 7) is 6.69. The molecule has 0 saturated heterocycles. The first-order chi connectivity index (χ1) is 13.6. The summed E-state index contributed by atoms with van der Waals surface area (Å²) in [5, 5.41) is 3.18. The van der Waals surface area contributed by atoms with Crippen molar-refractivity contribution in [3.05, 3.63) is 59.7 Å². The first-order valence-corrected chi connectivity index (χ1v) is 10.2. The molecule has 1 aliphatic heterocycles. The number of hydrogen-bond acceptors (Lipinski definition) is 3. The summed E-state index contributed by atoms with van der Waals surface area (Å²) in [4.78, 5) is 29.0. The molecule has 1 aliphatic rings. The van der Waals surface area contributed by atoms with Crippen LogP contribution in [0.2, 0.25) is 0 Å². The van der Waals surface area contributed by atoms with Crippen molar-refractivity contribution in [1.29, 1.82) is 0 Å². The van der Waals surface area contributed by atoms with Gasteiger partial charge in [0.05, 0.1) is 6.54 Å². The van der Waals surface area contributed by atoms with E-state index in [0.717, 1.165) is 50.3 Å². The lowest BCUT2D eigenvalue weighted by molar-refractivity contribution is -0.116. The topological polar surface area (TPSA) is 52.7 Å². The number of carbonyl (C=O) groups excluding carboxylic acids is 2. The maximum Gasteiger partial charge on any atom is 0.253 e. The van der Waals surface area contributed by atoms with Gasteiger partial charge in [0.25, 0.3) is 5.91 Å². The maximum absolute atomic E-state index is 12.6. The van der Waals surface area contributed by atoms with Crippen molar-refractivity contribution in [1.82, 2.24) is 4.90 Å². The predicted molar refractivity (Wildman–Crippen MR) is 114 cm³/mol. The van der Waals surface area contributed by atoms with Crippen LogP contribution >= 0.6 is 0 Å². The second-order valence-electron chi connectivity index (χ2n) is 7.15. The molecule has 0 fully saturated rings. The van der Waals surface area contributed by atoms with Crippen LogP contribution in [0.4, 0.5) is 11.4 Å². The van der Waals surface area contributed by atoms with Gasteiger partial charge in [-0.25, -0.2) is 0 Å². The van der Waals surface area contributed by atoms with Crippen molar-refractivity contribution < 1.29 is 9.59 Å². The Labute approximate surface area is 167 Å². The molecule has 2 amide bonds. The monoisotopic (exact) mass is 379 g/mol. The van der Waals surface area contributed by atoms with Crippen LogP contribution in [0.25, 0.3) is 0 Å². The highest BCUT2D eigenvalue weighted by Crippen LogP contribution is 2.27. The Bertz CT molecular complexity index is 811. The third kappa shape index (κ3) is 4.53. The van der Waals surface area contributed by atoms with Gasteiger partial charge < -0.3 is 15.1 Å². The fraction of sp³-hybridized carbons (Fsp3) is 0.391. The van der Waals surface area contributed by atoms with Gasteiger partial charge >= 0.3 is 0 Å². The molecule has 0 aromatic heterocycles. The first kappa shape index (κ1) is 19.9. The molecule has 5 nitrogen and oxygen atoms in total. The van der Waals surface area contributed by atoms with E-state index in [1.165, 1.54) is 5.56 Å².